The molecule has 2 atom stereocenters. The average molecular weight is 257 g/mol. The lowest BCUT2D eigenvalue weighted by atomic mass is 9.99. The topological polar surface area (TPSA) is 53.0 Å². The van der Waals surface area contributed by atoms with Gasteiger partial charge in [-0.15, -0.1) is 0 Å². The van der Waals surface area contributed by atoms with Gasteiger partial charge in [0.2, 0.25) is 0 Å². The van der Waals surface area contributed by atoms with Crippen LogP contribution in [0.3, 0.4) is 0 Å². The molecular weight excluding hydrogens is 234 g/mol. The zero-order valence-corrected chi connectivity index (χ0v) is 11.9. The van der Waals surface area contributed by atoms with E-state index in [4.69, 9.17) is 5.73 Å². The monoisotopic (exact) mass is 257 g/mol. The number of nitrogens with zero attached hydrogens (tertiary/aromatic N) is 2. The van der Waals surface area contributed by atoms with Crippen molar-refractivity contribution >= 4 is 5.69 Å². The number of hydrogen-bond donors (Lipinski definition) is 1. The highest BCUT2D eigenvalue weighted by Gasteiger charge is 2.32. The second-order valence-corrected chi connectivity index (χ2v) is 5.36. The zero-order chi connectivity index (χ0) is 13.8. The van der Waals surface area contributed by atoms with Crippen LogP contribution in [0.2, 0.25) is 0 Å². The first kappa shape index (κ1) is 13.9. The molecule has 1 aromatic carbocycles. The first-order valence-corrected chi connectivity index (χ1v) is 7.19. The third kappa shape index (κ3) is 2.59. The van der Waals surface area contributed by atoms with E-state index in [9.17, 15) is 5.26 Å². The Kier molecular flexibility index (Phi) is 4.44. The van der Waals surface area contributed by atoms with Crippen molar-refractivity contribution in [2.24, 2.45) is 11.7 Å². The number of hydrogen-bond acceptors (Lipinski definition) is 3. The van der Waals surface area contributed by atoms with E-state index in [2.05, 4.69) is 30.9 Å². The number of para-hydroxylation sites is 1. The normalized spacial score (nSPS) is 22.2. The molecule has 0 saturated heterocycles. The maximum Gasteiger partial charge on any atom is 0.101 e. The lowest BCUT2D eigenvalue weighted by Crippen LogP contribution is -2.41. The summed E-state index contributed by atoms with van der Waals surface area (Å²) in [7, 11) is 0. The quantitative estimate of drug-likeness (QED) is 0.902. The van der Waals surface area contributed by atoms with E-state index in [1.54, 1.807) is 0 Å². The number of nitriles is 1. The largest absolute Gasteiger partial charge is 0.367 e. The first-order valence-electron chi connectivity index (χ1n) is 7.19. The summed E-state index contributed by atoms with van der Waals surface area (Å²) < 4.78 is 0. The molecule has 1 aliphatic rings. The van der Waals surface area contributed by atoms with Crippen molar-refractivity contribution in [3.05, 3.63) is 29.3 Å². The van der Waals surface area contributed by atoms with Gasteiger partial charge in [-0.2, -0.15) is 5.26 Å². The van der Waals surface area contributed by atoms with E-state index in [0.717, 1.165) is 24.3 Å². The molecule has 0 aliphatic heterocycles. The molecule has 1 fully saturated rings. The van der Waals surface area contributed by atoms with Gasteiger partial charge in [0.1, 0.15) is 6.07 Å². The summed E-state index contributed by atoms with van der Waals surface area (Å²) in [5.74, 6) is 0.561. The van der Waals surface area contributed by atoms with Crippen LogP contribution in [0.5, 0.6) is 0 Å². The minimum Gasteiger partial charge on any atom is -0.367 e. The van der Waals surface area contributed by atoms with Crippen LogP contribution in [-0.2, 0) is 0 Å². The highest BCUT2D eigenvalue weighted by molar-refractivity contribution is 5.64. The fraction of sp³-hybridized carbons (Fsp3) is 0.562. The molecule has 2 unspecified atom stereocenters. The van der Waals surface area contributed by atoms with Crippen molar-refractivity contribution in [1.29, 1.82) is 5.26 Å². The van der Waals surface area contributed by atoms with E-state index < -0.39 is 0 Å². The Balaban J connectivity index is 2.40. The molecule has 0 bridgehead atoms. The number of nitrogens with two attached hydrogens (primary N) is 1. The second kappa shape index (κ2) is 6.08. The van der Waals surface area contributed by atoms with Crippen LogP contribution in [0.1, 0.15) is 37.3 Å². The standard InChI is InChI=1S/C16H23N3/c1-3-19(15-9-5-7-13(15)10-17)16-12(2)6-4-8-14(16)11-18/h4,6,8,13,15H,3,5,7,9-10,17H2,1-2H3. The van der Waals surface area contributed by atoms with Crippen molar-refractivity contribution in [1.82, 2.24) is 0 Å². The molecule has 1 aliphatic carbocycles. The molecule has 0 heterocycles. The first-order chi connectivity index (χ1) is 9.22. The molecule has 19 heavy (non-hydrogen) atoms. The molecule has 2 N–H and O–H groups in total. The van der Waals surface area contributed by atoms with Crippen LogP contribution in [0.4, 0.5) is 5.69 Å². The fourth-order valence-corrected chi connectivity index (χ4v) is 3.39. The molecule has 0 amide bonds. The summed E-state index contributed by atoms with van der Waals surface area (Å²) in [6.07, 6.45) is 3.65. The summed E-state index contributed by atoms with van der Waals surface area (Å²) in [4.78, 5) is 2.40. The molecule has 1 aromatic rings. The maximum absolute atomic E-state index is 9.35. The SMILES string of the molecule is CCN(c1c(C)cccc1C#N)C1CCCC1CN. The lowest BCUT2D eigenvalue weighted by molar-refractivity contribution is 0.461. The number of rotatable bonds is 4. The van der Waals surface area contributed by atoms with Crippen molar-refractivity contribution in [2.45, 2.75) is 39.2 Å². The third-order valence-corrected chi connectivity index (χ3v) is 4.31. The smallest absolute Gasteiger partial charge is 0.101 e. The number of anilines is 1. The van der Waals surface area contributed by atoms with Gasteiger partial charge in [-0.3, -0.25) is 0 Å². The predicted octanol–water partition coefficient (Wildman–Crippen LogP) is 2.82. The molecule has 3 nitrogen and oxygen atoms in total. The third-order valence-electron chi connectivity index (χ3n) is 4.31. The minimum atomic E-state index is 0.489. The predicted molar refractivity (Wildman–Crippen MR) is 79.1 cm³/mol. The van der Waals surface area contributed by atoms with Gasteiger partial charge in [0.05, 0.1) is 11.3 Å². The van der Waals surface area contributed by atoms with E-state index in [1.807, 2.05) is 12.1 Å². The molecule has 0 spiro atoms. The van der Waals surface area contributed by atoms with Gasteiger partial charge in [-0.05, 0) is 50.8 Å². The second-order valence-electron chi connectivity index (χ2n) is 5.36. The Labute approximate surface area is 116 Å². The van der Waals surface area contributed by atoms with Gasteiger partial charge >= 0.3 is 0 Å². The molecular formula is C16H23N3. The molecule has 2 rings (SSSR count). The van der Waals surface area contributed by atoms with Crippen LogP contribution in [0.15, 0.2) is 18.2 Å². The van der Waals surface area contributed by atoms with Crippen molar-refractivity contribution in [2.75, 3.05) is 18.0 Å². The molecule has 3 heteroatoms. The van der Waals surface area contributed by atoms with E-state index in [1.165, 1.54) is 24.8 Å². The van der Waals surface area contributed by atoms with Gasteiger partial charge in [-0.1, -0.05) is 18.6 Å². The number of benzene rings is 1. The van der Waals surface area contributed by atoms with Crippen LogP contribution in [-0.4, -0.2) is 19.1 Å². The van der Waals surface area contributed by atoms with Crippen LogP contribution >= 0.6 is 0 Å². The Hall–Kier alpha value is -1.53. The Morgan fingerprint density at radius 2 is 2.21 bits per heavy atom. The van der Waals surface area contributed by atoms with Crippen LogP contribution in [0.25, 0.3) is 0 Å². The molecule has 0 aromatic heterocycles. The zero-order valence-electron chi connectivity index (χ0n) is 11.9. The van der Waals surface area contributed by atoms with Crippen LogP contribution < -0.4 is 10.6 Å². The summed E-state index contributed by atoms with van der Waals surface area (Å²) in [6, 6.07) is 8.78. The number of aryl methyl sites for hydroxylation is 1. The molecule has 0 radical (unpaired) electrons. The van der Waals surface area contributed by atoms with Crippen molar-refractivity contribution in [3.8, 4) is 6.07 Å². The average Bonchev–Trinajstić information content (AvgIpc) is 2.89. The van der Waals surface area contributed by atoms with Gasteiger partial charge in [0, 0.05) is 12.6 Å². The summed E-state index contributed by atoms with van der Waals surface area (Å²) in [6.45, 7) is 5.93. The highest BCUT2D eigenvalue weighted by Crippen LogP contribution is 2.35. The van der Waals surface area contributed by atoms with E-state index >= 15 is 0 Å². The molecule has 1 saturated carbocycles. The molecule has 102 valence electrons. The minimum absolute atomic E-state index is 0.489. The van der Waals surface area contributed by atoms with Gasteiger partial charge in [0.15, 0.2) is 0 Å². The summed E-state index contributed by atoms with van der Waals surface area (Å²) in [5.41, 5.74) is 8.99. The Morgan fingerprint density at radius 1 is 1.42 bits per heavy atom. The summed E-state index contributed by atoms with van der Waals surface area (Å²) in [5, 5.41) is 9.35. The highest BCUT2D eigenvalue weighted by atomic mass is 15.2. The van der Waals surface area contributed by atoms with Crippen molar-refractivity contribution < 1.29 is 0 Å². The Bertz CT molecular complexity index is 475. The van der Waals surface area contributed by atoms with Gasteiger partial charge < -0.3 is 10.6 Å². The van der Waals surface area contributed by atoms with Crippen molar-refractivity contribution in [3.63, 3.8) is 0 Å². The Morgan fingerprint density at radius 3 is 2.84 bits per heavy atom. The van der Waals surface area contributed by atoms with Gasteiger partial charge in [-0.25, -0.2) is 0 Å². The maximum atomic E-state index is 9.35. The van der Waals surface area contributed by atoms with Gasteiger partial charge in [0.25, 0.3) is 0 Å². The lowest BCUT2D eigenvalue weighted by Gasteiger charge is -2.35. The summed E-state index contributed by atoms with van der Waals surface area (Å²) >= 11 is 0. The van der Waals surface area contributed by atoms with E-state index in [0.29, 0.717) is 12.0 Å². The fourth-order valence-electron chi connectivity index (χ4n) is 3.39. The van der Waals surface area contributed by atoms with Crippen LogP contribution in [0, 0.1) is 24.2 Å². The van der Waals surface area contributed by atoms with E-state index in [-0.39, 0.29) is 0 Å².